The highest BCUT2D eigenvalue weighted by atomic mass is 16.4. The van der Waals surface area contributed by atoms with Crippen LogP contribution in [0.25, 0.3) is 0 Å². The average Bonchev–Trinajstić information content (AvgIpc) is 2.82. The summed E-state index contributed by atoms with van der Waals surface area (Å²) in [5.74, 6) is -0.820. The van der Waals surface area contributed by atoms with Crippen molar-refractivity contribution in [2.45, 2.75) is 24.9 Å². The lowest BCUT2D eigenvalue weighted by Gasteiger charge is -2.35. The summed E-state index contributed by atoms with van der Waals surface area (Å²) in [6, 6.07) is 26.2. The van der Waals surface area contributed by atoms with Gasteiger partial charge in [-0.1, -0.05) is 60.7 Å². The number of carbonyl (C=O) groups is 1. The summed E-state index contributed by atoms with van der Waals surface area (Å²) in [4.78, 5) is 10.9. The Morgan fingerprint density at radius 2 is 1.81 bits per heavy atom. The second-order valence-electron chi connectivity index (χ2n) is 7.95. The molecule has 1 heterocycles. The van der Waals surface area contributed by atoms with Crippen molar-refractivity contribution in [2.24, 2.45) is 0 Å². The summed E-state index contributed by atoms with van der Waals surface area (Å²) < 4.78 is 0. The van der Waals surface area contributed by atoms with Crippen LogP contribution in [-0.2, 0) is 17.6 Å². The second kappa shape index (κ2) is 9.99. The molecule has 0 saturated heterocycles. The van der Waals surface area contributed by atoms with Gasteiger partial charge in [-0.2, -0.15) is 5.26 Å². The Morgan fingerprint density at radius 1 is 1.06 bits per heavy atom. The molecule has 0 fully saturated rings. The molecule has 0 spiro atoms. The number of hydrogen-bond acceptors (Lipinski definition) is 5. The van der Waals surface area contributed by atoms with E-state index in [0.29, 0.717) is 5.56 Å². The Balaban J connectivity index is 1.46. The maximum Gasteiger partial charge on any atom is 0.307 e. The molecular formula is C26H26N4O2. The van der Waals surface area contributed by atoms with E-state index in [0.717, 1.165) is 42.0 Å². The van der Waals surface area contributed by atoms with Crippen LogP contribution >= 0.6 is 0 Å². The molecule has 3 aromatic rings. The molecule has 2 atom stereocenters. The third-order valence-corrected chi connectivity index (χ3v) is 5.74. The summed E-state index contributed by atoms with van der Waals surface area (Å²) >= 11 is 0. The maximum absolute atomic E-state index is 10.9. The molecule has 0 unspecified atom stereocenters. The van der Waals surface area contributed by atoms with Gasteiger partial charge in [0, 0.05) is 6.54 Å². The van der Waals surface area contributed by atoms with Crippen LogP contribution in [-0.4, -0.2) is 30.2 Å². The number of hydrogen-bond donors (Lipinski definition) is 4. The average molecular weight is 427 g/mol. The number of nitrogens with zero attached hydrogens (tertiary/aromatic N) is 1. The third kappa shape index (κ3) is 5.08. The molecule has 4 N–H and O–H groups in total. The minimum absolute atomic E-state index is 0.0428. The fourth-order valence-corrected chi connectivity index (χ4v) is 4.13. The summed E-state index contributed by atoms with van der Waals surface area (Å²) in [7, 11) is 0. The molecule has 1 aliphatic rings. The van der Waals surface area contributed by atoms with Gasteiger partial charge < -0.3 is 21.1 Å². The first-order valence-electron chi connectivity index (χ1n) is 10.8. The van der Waals surface area contributed by atoms with Gasteiger partial charge in [0.15, 0.2) is 0 Å². The molecule has 0 radical (unpaired) electrons. The topological polar surface area (TPSA) is 97.2 Å². The van der Waals surface area contributed by atoms with Gasteiger partial charge in [0.1, 0.15) is 6.07 Å². The smallest absolute Gasteiger partial charge is 0.307 e. The molecule has 0 bridgehead atoms. The van der Waals surface area contributed by atoms with E-state index in [-0.39, 0.29) is 18.5 Å². The van der Waals surface area contributed by atoms with Gasteiger partial charge in [0.05, 0.1) is 35.4 Å². The van der Waals surface area contributed by atoms with Crippen molar-refractivity contribution >= 4 is 17.3 Å². The van der Waals surface area contributed by atoms with Crippen molar-refractivity contribution in [3.8, 4) is 6.07 Å². The molecule has 32 heavy (non-hydrogen) atoms. The number of anilines is 2. The minimum atomic E-state index is -0.820. The van der Waals surface area contributed by atoms with E-state index in [1.807, 2.05) is 60.7 Å². The van der Waals surface area contributed by atoms with Crippen molar-refractivity contribution in [1.82, 2.24) is 5.32 Å². The molecule has 0 saturated carbocycles. The van der Waals surface area contributed by atoms with Crippen LogP contribution < -0.4 is 16.0 Å². The number of carboxylic acids is 1. The lowest BCUT2D eigenvalue weighted by molar-refractivity contribution is -0.136. The number of fused-ring (bicyclic) bond motifs is 1. The zero-order chi connectivity index (χ0) is 22.3. The van der Waals surface area contributed by atoms with Gasteiger partial charge in [-0.15, -0.1) is 0 Å². The predicted molar refractivity (Wildman–Crippen MR) is 126 cm³/mol. The zero-order valence-corrected chi connectivity index (χ0v) is 17.7. The van der Waals surface area contributed by atoms with Gasteiger partial charge in [-0.05, 0) is 41.8 Å². The molecule has 6 heteroatoms. The quantitative estimate of drug-likeness (QED) is 0.435. The normalized spacial score (nSPS) is 15.5. The minimum Gasteiger partial charge on any atom is -0.481 e. The van der Waals surface area contributed by atoms with Gasteiger partial charge in [-0.25, -0.2) is 0 Å². The van der Waals surface area contributed by atoms with E-state index in [1.54, 1.807) is 0 Å². The number of aliphatic carboxylic acids is 1. The molecule has 3 aromatic carbocycles. The molecule has 0 aliphatic carbocycles. The molecular weight excluding hydrogens is 400 g/mol. The molecule has 0 amide bonds. The lowest BCUT2D eigenvalue weighted by Crippen LogP contribution is -2.44. The van der Waals surface area contributed by atoms with Crippen molar-refractivity contribution in [1.29, 1.82) is 5.26 Å². The number of benzene rings is 3. The van der Waals surface area contributed by atoms with E-state index < -0.39 is 5.97 Å². The molecule has 1 aliphatic heterocycles. The van der Waals surface area contributed by atoms with Crippen molar-refractivity contribution in [3.63, 3.8) is 0 Å². The largest absolute Gasteiger partial charge is 0.481 e. The number of carboxylic acid groups (broad SMARTS) is 1. The fourth-order valence-electron chi connectivity index (χ4n) is 4.13. The Morgan fingerprint density at radius 3 is 2.53 bits per heavy atom. The summed E-state index contributed by atoms with van der Waals surface area (Å²) in [6.45, 7) is 1.50. The third-order valence-electron chi connectivity index (χ3n) is 5.74. The van der Waals surface area contributed by atoms with E-state index in [9.17, 15) is 10.1 Å². The van der Waals surface area contributed by atoms with Gasteiger partial charge >= 0.3 is 5.97 Å². The van der Waals surface area contributed by atoms with Crippen molar-refractivity contribution in [2.75, 3.05) is 23.7 Å². The Bertz CT molecular complexity index is 1110. The van der Waals surface area contributed by atoms with E-state index in [1.165, 1.54) is 5.56 Å². The first-order chi connectivity index (χ1) is 15.6. The van der Waals surface area contributed by atoms with Crippen molar-refractivity contribution < 1.29 is 9.90 Å². The zero-order valence-electron chi connectivity index (χ0n) is 17.7. The van der Waals surface area contributed by atoms with E-state index >= 15 is 0 Å². The first-order valence-corrected chi connectivity index (χ1v) is 10.8. The highest BCUT2D eigenvalue weighted by molar-refractivity contribution is 5.77. The Kier molecular flexibility index (Phi) is 6.69. The van der Waals surface area contributed by atoms with E-state index in [4.69, 9.17) is 5.11 Å². The summed E-state index contributed by atoms with van der Waals surface area (Å²) in [6.07, 6.45) is 0.873. The standard InChI is InChI=1S/C26H26N4O2/c27-16-21-7-4-8-22-26(21)30-23(17-29-22)25(20-5-2-1-3-6-20)28-14-13-18-9-11-19(12-10-18)15-24(31)32/h1-12,23,25,28-30H,13-15,17H2,(H,31,32)/t23-,25-/m1/s1. The Hall–Kier alpha value is -3.82. The highest BCUT2D eigenvalue weighted by Gasteiger charge is 2.27. The molecule has 162 valence electrons. The number of para-hydroxylation sites is 1. The number of rotatable bonds is 8. The first kappa shape index (κ1) is 21.4. The molecule has 4 rings (SSSR count). The van der Waals surface area contributed by atoms with Crippen LogP contribution in [0.2, 0.25) is 0 Å². The van der Waals surface area contributed by atoms with Crippen LogP contribution in [0.1, 0.15) is 28.3 Å². The number of nitriles is 1. The van der Waals surface area contributed by atoms with Crippen LogP contribution in [0.3, 0.4) is 0 Å². The molecule has 0 aromatic heterocycles. The van der Waals surface area contributed by atoms with Crippen LogP contribution in [0.5, 0.6) is 0 Å². The van der Waals surface area contributed by atoms with Crippen LogP contribution in [0.4, 0.5) is 11.4 Å². The fraction of sp³-hybridized carbons (Fsp3) is 0.231. The lowest BCUT2D eigenvalue weighted by atomic mass is 9.96. The maximum atomic E-state index is 10.9. The van der Waals surface area contributed by atoms with Gasteiger partial charge in [0.25, 0.3) is 0 Å². The van der Waals surface area contributed by atoms with Crippen LogP contribution in [0.15, 0.2) is 72.8 Å². The van der Waals surface area contributed by atoms with Crippen molar-refractivity contribution in [3.05, 3.63) is 95.1 Å². The van der Waals surface area contributed by atoms with E-state index in [2.05, 4.69) is 34.2 Å². The summed E-state index contributed by atoms with van der Waals surface area (Å²) in [5.41, 5.74) is 5.58. The summed E-state index contributed by atoms with van der Waals surface area (Å²) in [5, 5.41) is 29.2. The number of nitrogens with one attached hydrogen (secondary N) is 3. The second-order valence-corrected chi connectivity index (χ2v) is 7.95. The monoisotopic (exact) mass is 426 g/mol. The van der Waals surface area contributed by atoms with Gasteiger partial charge in [-0.3, -0.25) is 4.79 Å². The van der Waals surface area contributed by atoms with Gasteiger partial charge in [0.2, 0.25) is 0 Å². The van der Waals surface area contributed by atoms with Crippen LogP contribution in [0, 0.1) is 11.3 Å². The SMILES string of the molecule is N#Cc1cccc2c1N[C@@H]([C@H](NCCc1ccc(CC(=O)O)cc1)c1ccccc1)CN2. The predicted octanol–water partition coefficient (Wildman–Crippen LogP) is 3.96. The Labute approximate surface area is 187 Å². The highest BCUT2D eigenvalue weighted by Crippen LogP contribution is 2.32. The molecule has 6 nitrogen and oxygen atoms in total.